The van der Waals surface area contributed by atoms with Crippen molar-refractivity contribution in [2.75, 3.05) is 0 Å². The zero-order valence-electron chi connectivity index (χ0n) is 11.1. The first-order chi connectivity index (χ1) is 9.38. The Balaban J connectivity index is 2.19. The molecule has 0 fully saturated rings. The maximum atomic E-state index is 12.1. The highest BCUT2D eigenvalue weighted by atomic mass is 35.5. The molecule has 0 radical (unpaired) electrons. The molecule has 2 aromatic rings. The molecule has 2 rings (SSSR count). The second-order valence-corrected chi connectivity index (χ2v) is 6.38. The van der Waals surface area contributed by atoms with Crippen LogP contribution in [0.15, 0.2) is 47.5 Å². The summed E-state index contributed by atoms with van der Waals surface area (Å²) in [7, 11) is -3.80. The van der Waals surface area contributed by atoms with Crippen molar-refractivity contribution < 1.29 is 12.6 Å². The van der Waals surface area contributed by atoms with Gasteiger partial charge in [0.15, 0.2) is 0 Å². The Morgan fingerprint density at radius 2 is 1.80 bits per heavy atom. The molecule has 1 unspecified atom stereocenters. The number of benzene rings is 1. The van der Waals surface area contributed by atoms with E-state index in [1.54, 1.807) is 31.2 Å². The van der Waals surface area contributed by atoms with Crippen molar-refractivity contribution in [3.8, 4) is 0 Å². The fourth-order valence-corrected chi connectivity index (χ4v) is 2.82. The summed E-state index contributed by atoms with van der Waals surface area (Å²) in [5.41, 5.74) is 1.63. The summed E-state index contributed by atoms with van der Waals surface area (Å²) in [6.45, 7) is 3.54. The molecule has 0 saturated heterocycles. The fourth-order valence-electron chi connectivity index (χ4n) is 1.63. The summed E-state index contributed by atoms with van der Waals surface area (Å²) >= 11 is 5.69. The van der Waals surface area contributed by atoms with Crippen molar-refractivity contribution in [2.45, 2.75) is 24.8 Å². The smallest absolute Gasteiger partial charge is 0.258 e. The van der Waals surface area contributed by atoms with Crippen LogP contribution in [0, 0.1) is 6.92 Å². The Labute approximate surface area is 123 Å². The van der Waals surface area contributed by atoms with Gasteiger partial charge in [-0.25, -0.2) is 4.98 Å². The Morgan fingerprint density at radius 1 is 1.15 bits per heavy atom. The lowest BCUT2D eigenvalue weighted by Crippen LogP contribution is -2.10. The predicted molar refractivity (Wildman–Crippen MR) is 77.1 cm³/mol. The minimum Gasteiger partial charge on any atom is -0.258 e. The average Bonchev–Trinajstić information content (AvgIpc) is 2.39. The van der Waals surface area contributed by atoms with Crippen molar-refractivity contribution in [3.63, 3.8) is 0 Å². The van der Waals surface area contributed by atoms with Crippen molar-refractivity contribution in [2.24, 2.45) is 0 Å². The standard InChI is InChI=1S/C14H14ClNO3S/c1-10-3-6-13(7-4-10)20(17,18)19-11(2)12-5-8-14(15)16-9-12/h3-9,11H,1-2H3. The lowest BCUT2D eigenvalue weighted by molar-refractivity contribution is 0.233. The minimum atomic E-state index is -3.80. The van der Waals surface area contributed by atoms with E-state index in [0.717, 1.165) is 5.56 Å². The predicted octanol–water partition coefficient (Wildman–Crippen LogP) is 3.51. The molecule has 1 heterocycles. The molecule has 1 aromatic carbocycles. The lowest BCUT2D eigenvalue weighted by Gasteiger charge is -2.13. The van der Waals surface area contributed by atoms with E-state index in [-0.39, 0.29) is 4.90 Å². The van der Waals surface area contributed by atoms with Crippen LogP contribution in [0.25, 0.3) is 0 Å². The first-order valence-corrected chi connectivity index (χ1v) is 7.78. The second kappa shape index (κ2) is 5.91. The molecule has 6 heteroatoms. The summed E-state index contributed by atoms with van der Waals surface area (Å²) < 4.78 is 29.4. The molecule has 1 atom stereocenters. The van der Waals surface area contributed by atoms with Gasteiger partial charge in [-0.1, -0.05) is 35.4 Å². The van der Waals surface area contributed by atoms with Crippen LogP contribution >= 0.6 is 11.6 Å². The molecule has 4 nitrogen and oxygen atoms in total. The van der Waals surface area contributed by atoms with Gasteiger partial charge in [-0.05, 0) is 32.0 Å². The van der Waals surface area contributed by atoms with Crippen LogP contribution in [0.1, 0.15) is 24.2 Å². The number of halogens is 1. The Morgan fingerprint density at radius 3 is 2.35 bits per heavy atom. The van der Waals surface area contributed by atoms with Gasteiger partial charge >= 0.3 is 0 Å². The van der Waals surface area contributed by atoms with Crippen LogP contribution < -0.4 is 0 Å². The van der Waals surface area contributed by atoms with Gasteiger partial charge in [-0.2, -0.15) is 8.42 Å². The molecule has 106 valence electrons. The molecule has 0 bridgehead atoms. The third-order valence-corrected chi connectivity index (χ3v) is 4.42. The van der Waals surface area contributed by atoms with Gasteiger partial charge in [0, 0.05) is 11.8 Å². The molecule has 0 saturated carbocycles. The highest BCUT2D eigenvalue weighted by molar-refractivity contribution is 7.86. The molecular weight excluding hydrogens is 298 g/mol. The number of hydrogen-bond acceptors (Lipinski definition) is 4. The van der Waals surface area contributed by atoms with Crippen LogP contribution in [0.5, 0.6) is 0 Å². The highest BCUT2D eigenvalue weighted by Crippen LogP contribution is 2.23. The van der Waals surface area contributed by atoms with Crippen LogP contribution in [0.3, 0.4) is 0 Å². The number of aromatic nitrogens is 1. The summed E-state index contributed by atoms with van der Waals surface area (Å²) in [6, 6.07) is 9.78. The van der Waals surface area contributed by atoms with E-state index in [2.05, 4.69) is 4.98 Å². The van der Waals surface area contributed by atoms with Gasteiger partial charge in [-0.15, -0.1) is 0 Å². The topological polar surface area (TPSA) is 56.3 Å². The van der Waals surface area contributed by atoms with E-state index in [9.17, 15) is 8.42 Å². The third kappa shape index (κ3) is 3.56. The van der Waals surface area contributed by atoms with Crippen molar-refractivity contribution in [1.82, 2.24) is 4.98 Å². The fraction of sp³-hybridized carbons (Fsp3) is 0.214. The number of hydrogen-bond donors (Lipinski definition) is 0. The van der Waals surface area contributed by atoms with E-state index in [1.165, 1.54) is 18.3 Å². The average molecular weight is 312 g/mol. The third-order valence-electron chi connectivity index (χ3n) is 2.80. The molecular formula is C14H14ClNO3S. The number of rotatable bonds is 4. The second-order valence-electron chi connectivity index (χ2n) is 4.42. The SMILES string of the molecule is Cc1ccc(S(=O)(=O)OC(C)c2ccc(Cl)nc2)cc1. The first-order valence-electron chi connectivity index (χ1n) is 6.00. The molecule has 0 N–H and O–H groups in total. The van der Waals surface area contributed by atoms with Crippen molar-refractivity contribution in [1.29, 1.82) is 0 Å². The van der Waals surface area contributed by atoms with Gasteiger partial charge in [-0.3, -0.25) is 4.18 Å². The molecule has 20 heavy (non-hydrogen) atoms. The lowest BCUT2D eigenvalue weighted by atomic mass is 10.2. The largest absolute Gasteiger partial charge is 0.297 e. The van der Waals surface area contributed by atoms with Gasteiger partial charge in [0.1, 0.15) is 11.3 Å². The van der Waals surface area contributed by atoms with Crippen LogP contribution in [-0.2, 0) is 14.3 Å². The van der Waals surface area contributed by atoms with Crippen molar-refractivity contribution in [3.05, 3.63) is 58.9 Å². The van der Waals surface area contributed by atoms with Crippen LogP contribution in [0.4, 0.5) is 0 Å². The molecule has 0 aliphatic heterocycles. The van der Waals surface area contributed by atoms with E-state index < -0.39 is 16.2 Å². The van der Waals surface area contributed by atoms with E-state index >= 15 is 0 Å². The first kappa shape index (κ1) is 15.0. The highest BCUT2D eigenvalue weighted by Gasteiger charge is 2.20. The number of nitrogens with zero attached hydrogens (tertiary/aromatic N) is 1. The maximum Gasteiger partial charge on any atom is 0.297 e. The summed E-state index contributed by atoms with van der Waals surface area (Å²) in [6.07, 6.45) is 0.864. The van der Waals surface area contributed by atoms with E-state index in [1.807, 2.05) is 6.92 Å². The van der Waals surface area contributed by atoms with Crippen LogP contribution in [0.2, 0.25) is 5.15 Å². The number of pyridine rings is 1. The van der Waals surface area contributed by atoms with Crippen LogP contribution in [-0.4, -0.2) is 13.4 Å². The minimum absolute atomic E-state index is 0.136. The van der Waals surface area contributed by atoms with Gasteiger partial charge in [0.25, 0.3) is 10.1 Å². The van der Waals surface area contributed by atoms with Gasteiger partial charge in [0.2, 0.25) is 0 Å². The normalized spacial score (nSPS) is 13.2. The number of aryl methyl sites for hydroxylation is 1. The Kier molecular flexibility index (Phi) is 4.42. The zero-order chi connectivity index (χ0) is 14.8. The quantitative estimate of drug-likeness (QED) is 0.640. The monoisotopic (exact) mass is 311 g/mol. The summed E-state index contributed by atoms with van der Waals surface area (Å²) in [5.74, 6) is 0. The molecule has 0 aliphatic carbocycles. The summed E-state index contributed by atoms with van der Waals surface area (Å²) in [5, 5.41) is 0.349. The van der Waals surface area contributed by atoms with E-state index in [4.69, 9.17) is 15.8 Å². The Bertz CT molecular complexity index is 681. The maximum absolute atomic E-state index is 12.1. The zero-order valence-corrected chi connectivity index (χ0v) is 12.6. The van der Waals surface area contributed by atoms with Gasteiger partial charge < -0.3 is 0 Å². The van der Waals surface area contributed by atoms with E-state index in [0.29, 0.717) is 10.7 Å². The molecule has 0 amide bonds. The summed E-state index contributed by atoms with van der Waals surface area (Å²) in [4.78, 5) is 4.04. The van der Waals surface area contributed by atoms with Gasteiger partial charge in [0.05, 0.1) is 4.90 Å². The molecule has 1 aromatic heterocycles. The van der Waals surface area contributed by atoms with Crippen molar-refractivity contribution >= 4 is 21.7 Å². The molecule has 0 spiro atoms. The Hall–Kier alpha value is -1.43. The molecule has 0 aliphatic rings.